The maximum atomic E-state index is 13.2. The average molecular weight is 331 g/mol. The molecule has 2 aromatic rings. The first-order chi connectivity index (χ1) is 11.3. The van der Waals surface area contributed by atoms with Crippen molar-refractivity contribution in [2.45, 2.75) is 11.3 Å². The molecule has 0 unspecified atom stereocenters. The molecular formula is C18H22FN3S. The first-order valence-electron chi connectivity index (χ1n) is 8.09. The Morgan fingerprint density at radius 3 is 2.48 bits per heavy atom. The van der Waals surface area contributed by atoms with Crippen LogP contribution in [0.3, 0.4) is 0 Å². The molecule has 0 saturated carbocycles. The van der Waals surface area contributed by atoms with Gasteiger partial charge in [-0.25, -0.2) is 4.98 Å². The Hall–Kier alpha value is -1.59. The van der Waals surface area contributed by atoms with Crippen LogP contribution in [0.25, 0.3) is 0 Å². The number of hydrogen-bond donors (Lipinski definition) is 0. The third kappa shape index (κ3) is 4.94. The van der Waals surface area contributed by atoms with E-state index in [0.29, 0.717) is 0 Å². The molecule has 1 fully saturated rings. The van der Waals surface area contributed by atoms with E-state index in [2.05, 4.69) is 45.1 Å². The molecule has 2 heterocycles. The van der Waals surface area contributed by atoms with Gasteiger partial charge in [-0.2, -0.15) is 4.39 Å². The van der Waals surface area contributed by atoms with E-state index >= 15 is 0 Å². The van der Waals surface area contributed by atoms with Crippen molar-refractivity contribution >= 4 is 17.6 Å². The van der Waals surface area contributed by atoms with Gasteiger partial charge in [-0.05, 0) is 43.0 Å². The van der Waals surface area contributed by atoms with E-state index in [-0.39, 0.29) is 0 Å². The average Bonchev–Trinajstić information content (AvgIpc) is 2.60. The molecule has 0 bridgehead atoms. The van der Waals surface area contributed by atoms with Crippen LogP contribution in [0.5, 0.6) is 0 Å². The zero-order valence-electron chi connectivity index (χ0n) is 13.2. The summed E-state index contributed by atoms with van der Waals surface area (Å²) in [6.07, 6.45) is 1.19. The second kappa shape index (κ2) is 8.31. The van der Waals surface area contributed by atoms with E-state index in [9.17, 15) is 4.39 Å². The lowest BCUT2D eigenvalue weighted by Crippen LogP contribution is -2.47. The van der Waals surface area contributed by atoms with Crippen molar-refractivity contribution < 1.29 is 4.39 Å². The predicted octanol–water partition coefficient (Wildman–Crippen LogP) is 3.53. The molecule has 5 heteroatoms. The van der Waals surface area contributed by atoms with Gasteiger partial charge in [0.1, 0.15) is 5.82 Å². The van der Waals surface area contributed by atoms with E-state index in [0.717, 1.165) is 44.3 Å². The zero-order valence-corrected chi connectivity index (χ0v) is 14.0. The topological polar surface area (TPSA) is 19.4 Å². The SMILES string of the molecule is Fc1cccc(N2CCN(CCCSc3ccccc3)CC2)n1. The first kappa shape index (κ1) is 16.3. The van der Waals surface area contributed by atoms with E-state index < -0.39 is 5.95 Å². The van der Waals surface area contributed by atoms with Gasteiger partial charge in [-0.3, -0.25) is 4.90 Å². The number of thioether (sulfide) groups is 1. The summed E-state index contributed by atoms with van der Waals surface area (Å²) < 4.78 is 13.2. The number of piperazine rings is 1. The third-order valence-electron chi connectivity index (χ3n) is 4.03. The van der Waals surface area contributed by atoms with E-state index in [4.69, 9.17) is 0 Å². The van der Waals surface area contributed by atoms with E-state index in [1.165, 1.54) is 17.4 Å². The minimum atomic E-state index is -0.400. The van der Waals surface area contributed by atoms with Gasteiger partial charge in [-0.1, -0.05) is 24.3 Å². The summed E-state index contributed by atoms with van der Waals surface area (Å²) in [5, 5.41) is 0. The maximum Gasteiger partial charge on any atom is 0.214 e. The summed E-state index contributed by atoms with van der Waals surface area (Å²) in [6.45, 7) is 5.01. The van der Waals surface area contributed by atoms with Crippen LogP contribution in [0.4, 0.5) is 10.2 Å². The van der Waals surface area contributed by atoms with Gasteiger partial charge in [0.05, 0.1) is 0 Å². The number of hydrogen-bond acceptors (Lipinski definition) is 4. The number of rotatable bonds is 6. The molecule has 0 N–H and O–H groups in total. The highest BCUT2D eigenvalue weighted by molar-refractivity contribution is 7.99. The molecule has 0 spiro atoms. The normalized spacial score (nSPS) is 15.8. The van der Waals surface area contributed by atoms with Gasteiger partial charge < -0.3 is 4.90 Å². The molecule has 3 nitrogen and oxygen atoms in total. The van der Waals surface area contributed by atoms with Crippen LogP contribution < -0.4 is 4.90 Å². The number of pyridine rings is 1. The van der Waals surface area contributed by atoms with Crippen LogP contribution in [-0.4, -0.2) is 48.4 Å². The molecule has 3 rings (SSSR count). The minimum absolute atomic E-state index is 0.400. The Bertz CT molecular complexity index is 600. The maximum absolute atomic E-state index is 13.2. The molecule has 1 aromatic heterocycles. The molecule has 23 heavy (non-hydrogen) atoms. The lowest BCUT2D eigenvalue weighted by molar-refractivity contribution is 0.258. The number of halogens is 1. The highest BCUT2D eigenvalue weighted by Crippen LogP contribution is 2.18. The molecule has 0 amide bonds. The first-order valence-corrected chi connectivity index (χ1v) is 9.07. The second-order valence-electron chi connectivity index (χ2n) is 5.66. The summed E-state index contributed by atoms with van der Waals surface area (Å²) >= 11 is 1.92. The highest BCUT2D eigenvalue weighted by Gasteiger charge is 2.17. The summed E-state index contributed by atoms with van der Waals surface area (Å²) in [5.74, 6) is 1.50. The Morgan fingerprint density at radius 2 is 1.74 bits per heavy atom. The lowest BCUT2D eigenvalue weighted by atomic mass is 10.3. The van der Waals surface area contributed by atoms with Gasteiger partial charge in [0.25, 0.3) is 0 Å². The molecule has 122 valence electrons. The van der Waals surface area contributed by atoms with Gasteiger partial charge in [0, 0.05) is 31.1 Å². The van der Waals surface area contributed by atoms with E-state index in [1.54, 1.807) is 6.07 Å². The van der Waals surface area contributed by atoms with Crippen molar-refractivity contribution in [1.82, 2.24) is 9.88 Å². The Labute approximate surface area is 141 Å². The van der Waals surface area contributed by atoms with Crippen molar-refractivity contribution in [3.8, 4) is 0 Å². The molecule has 1 aliphatic rings. The van der Waals surface area contributed by atoms with Crippen LogP contribution in [-0.2, 0) is 0 Å². The Balaban J connectivity index is 1.36. The number of anilines is 1. The van der Waals surface area contributed by atoms with Crippen LogP contribution in [0.1, 0.15) is 6.42 Å². The fourth-order valence-corrected chi connectivity index (χ4v) is 3.63. The van der Waals surface area contributed by atoms with Gasteiger partial charge in [0.15, 0.2) is 0 Å². The monoisotopic (exact) mass is 331 g/mol. The summed E-state index contributed by atoms with van der Waals surface area (Å²) in [4.78, 5) is 9.96. The van der Waals surface area contributed by atoms with Gasteiger partial charge in [0.2, 0.25) is 5.95 Å². The molecule has 0 aliphatic carbocycles. The molecule has 1 saturated heterocycles. The van der Waals surface area contributed by atoms with Crippen LogP contribution in [0.15, 0.2) is 53.4 Å². The molecule has 0 radical (unpaired) electrons. The molecule has 1 aliphatic heterocycles. The van der Waals surface area contributed by atoms with Crippen molar-refractivity contribution in [3.63, 3.8) is 0 Å². The quantitative estimate of drug-likeness (QED) is 0.458. The van der Waals surface area contributed by atoms with E-state index in [1.807, 2.05) is 17.8 Å². The predicted molar refractivity (Wildman–Crippen MR) is 94.6 cm³/mol. The van der Waals surface area contributed by atoms with Crippen LogP contribution >= 0.6 is 11.8 Å². The van der Waals surface area contributed by atoms with Crippen molar-refractivity contribution in [1.29, 1.82) is 0 Å². The fraction of sp³-hybridized carbons (Fsp3) is 0.389. The van der Waals surface area contributed by atoms with Crippen LogP contribution in [0, 0.1) is 5.95 Å². The van der Waals surface area contributed by atoms with Crippen molar-refractivity contribution in [3.05, 3.63) is 54.5 Å². The summed E-state index contributed by atoms with van der Waals surface area (Å²) in [6, 6.07) is 15.6. The standard InChI is InChI=1S/C18H22FN3S/c19-17-8-4-9-18(20-17)22-13-11-21(12-14-22)10-5-15-23-16-6-2-1-3-7-16/h1-4,6-9H,5,10-15H2. The highest BCUT2D eigenvalue weighted by atomic mass is 32.2. The number of aromatic nitrogens is 1. The van der Waals surface area contributed by atoms with Crippen molar-refractivity contribution in [2.75, 3.05) is 43.4 Å². The Kier molecular flexibility index (Phi) is 5.88. The summed E-state index contributed by atoms with van der Waals surface area (Å²) in [7, 11) is 0. The van der Waals surface area contributed by atoms with Crippen LogP contribution in [0.2, 0.25) is 0 Å². The van der Waals surface area contributed by atoms with Gasteiger partial charge in [-0.15, -0.1) is 11.8 Å². The lowest BCUT2D eigenvalue weighted by Gasteiger charge is -2.35. The fourth-order valence-electron chi connectivity index (χ4n) is 2.77. The summed E-state index contributed by atoms with van der Waals surface area (Å²) in [5.41, 5.74) is 0. The van der Waals surface area contributed by atoms with Gasteiger partial charge >= 0.3 is 0 Å². The molecule has 1 aromatic carbocycles. The number of nitrogens with zero attached hydrogens (tertiary/aromatic N) is 3. The largest absolute Gasteiger partial charge is 0.354 e. The zero-order chi connectivity index (χ0) is 15.9. The Morgan fingerprint density at radius 1 is 0.957 bits per heavy atom. The second-order valence-corrected chi connectivity index (χ2v) is 6.83. The minimum Gasteiger partial charge on any atom is -0.354 e. The third-order valence-corrected chi connectivity index (χ3v) is 5.13. The number of benzene rings is 1. The smallest absolute Gasteiger partial charge is 0.214 e. The molecule has 0 atom stereocenters. The van der Waals surface area contributed by atoms with Crippen molar-refractivity contribution in [2.24, 2.45) is 0 Å². The molecular weight excluding hydrogens is 309 g/mol.